The fraction of sp³-hybridized carbons (Fsp3) is 0.528. The Labute approximate surface area is 307 Å². The van der Waals surface area contributed by atoms with Gasteiger partial charge in [0.05, 0.1) is 6.61 Å². The number of carboxylic acid groups (broad SMARTS) is 1. The van der Waals surface area contributed by atoms with Crippen LogP contribution < -0.4 is 21.7 Å². The predicted octanol–water partition coefficient (Wildman–Crippen LogP) is 0.673. The van der Waals surface area contributed by atoms with E-state index in [0.717, 1.165) is 25.7 Å². The fourth-order valence-corrected chi connectivity index (χ4v) is 6.18. The molecular weight excluding hydrogens is 698 g/mol. The van der Waals surface area contributed by atoms with Crippen LogP contribution >= 0.6 is 11.6 Å². The number of nitrogens with one attached hydrogen (secondary N) is 3. The van der Waals surface area contributed by atoms with Gasteiger partial charge in [-0.2, -0.15) is 0 Å². The zero-order chi connectivity index (χ0) is 38.2. The third-order valence-electron chi connectivity index (χ3n) is 8.98. The molecule has 0 aromatic heterocycles. The molecule has 1 heterocycles. The number of benzene rings is 2. The normalized spacial score (nSPS) is 17.0. The Hall–Kier alpha value is -4.44. The number of unbranched alkanes of at least 4 members (excludes halogenated alkanes) is 4. The van der Waals surface area contributed by atoms with Gasteiger partial charge in [-0.15, -0.1) is 11.6 Å². The van der Waals surface area contributed by atoms with Crippen molar-refractivity contribution >= 4 is 41.2 Å². The maximum absolute atomic E-state index is 13.7. The van der Waals surface area contributed by atoms with Crippen molar-refractivity contribution in [3.63, 3.8) is 0 Å². The molecule has 52 heavy (non-hydrogen) atoms. The van der Waals surface area contributed by atoms with E-state index >= 15 is 0 Å². The molecule has 4 amide bonds. The minimum Gasteiger partial charge on any atom is -0.508 e. The number of hydrogen-bond donors (Lipinski definition) is 9. The first-order valence-corrected chi connectivity index (χ1v) is 18.0. The number of likely N-dealkylation sites (tertiary alicyclic amines) is 1. The summed E-state index contributed by atoms with van der Waals surface area (Å²) in [6.07, 6.45) is 3.48. The minimum atomic E-state index is -1.63. The number of phenolic OH excluding ortho intramolecular Hbond substituents is 2. The number of aliphatic hydroxyl groups excluding tert-OH is 2. The molecule has 2 aromatic rings. The van der Waals surface area contributed by atoms with Crippen molar-refractivity contribution < 1.29 is 49.5 Å². The maximum atomic E-state index is 13.7. The maximum Gasteiger partial charge on any atom is 0.326 e. The quantitative estimate of drug-likeness (QED) is 0.0634. The van der Waals surface area contributed by atoms with Crippen molar-refractivity contribution in [1.29, 1.82) is 0 Å². The highest BCUT2D eigenvalue weighted by Gasteiger charge is 2.40. The first-order valence-electron chi connectivity index (χ1n) is 17.4. The average Bonchev–Trinajstić information content (AvgIpc) is 3.63. The van der Waals surface area contributed by atoms with E-state index in [9.17, 15) is 49.5 Å². The monoisotopic (exact) mass is 747 g/mol. The molecule has 0 aliphatic carbocycles. The number of carbonyl (C=O) groups is 5. The minimum absolute atomic E-state index is 0.0130. The second-order valence-electron chi connectivity index (χ2n) is 13.0. The van der Waals surface area contributed by atoms with E-state index in [2.05, 4.69) is 16.0 Å². The largest absolute Gasteiger partial charge is 0.508 e. The molecule has 16 heteroatoms. The number of hydrogen-bond acceptors (Lipinski definition) is 10. The van der Waals surface area contributed by atoms with Crippen molar-refractivity contribution in [2.24, 2.45) is 5.73 Å². The molecule has 1 fully saturated rings. The van der Waals surface area contributed by atoms with Crippen LogP contribution in [-0.4, -0.2) is 115 Å². The van der Waals surface area contributed by atoms with Gasteiger partial charge in [0, 0.05) is 31.3 Å². The van der Waals surface area contributed by atoms with Gasteiger partial charge < -0.3 is 52.1 Å². The first kappa shape index (κ1) is 42.0. The van der Waals surface area contributed by atoms with Gasteiger partial charge in [0.1, 0.15) is 41.8 Å². The third-order valence-corrected chi connectivity index (χ3v) is 9.25. The van der Waals surface area contributed by atoms with Crippen LogP contribution in [0.25, 0.3) is 0 Å². The molecule has 6 atom stereocenters. The Morgan fingerprint density at radius 1 is 0.788 bits per heavy atom. The van der Waals surface area contributed by atoms with Gasteiger partial charge in [0.25, 0.3) is 5.91 Å². The van der Waals surface area contributed by atoms with E-state index < -0.39 is 72.5 Å². The Balaban J connectivity index is 1.69. The van der Waals surface area contributed by atoms with E-state index in [1.807, 2.05) is 0 Å². The second kappa shape index (κ2) is 21.2. The van der Waals surface area contributed by atoms with Crippen molar-refractivity contribution in [3.05, 3.63) is 59.7 Å². The molecule has 1 aliphatic rings. The van der Waals surface area contributed by atoms with E-state index in [4.69, 9.17) is 17.3 Å². The van der Waals surface area contributed by atoms with Crippen molar-refractivity contribution in [3.8, 4) is 11.5 Å². The molecule has 286 valence electrons. The number of nitrogens with zero attached hydrogens (tertiary/aromatic N) is 1. The summed E-state index contributed by atoms with van der Waals surface area (Å²) in [6.45, 7) is -0.709. The van der Waals surface area contributed by atoms with Gasteiger partial charge in [-0.1, -0.05) is 49.9 Å². The van der Waals surface area contributed by atoms with Crippen LogP contribution in [0.15, 0.2) is 48.5 Å². The highest BCUT2D eigenvalue weighted by atomic mass is 35.5. The van der Waals surface area contributed by atoms with Crippen LogP contribution in [0, 0.1) is 0 Å². The van der Waals surface area contributed by atoms with Crippen LogP contribution in [0.1, 0.15) is 62.5 Å². The van der Waals surface area contributed by atoms with Crippen molar-refractivity contribution in [2.75, 3.05) is 19.0 Å². The standard InChI is InChI=1S/C36H50ClN5O10/c37-17-5-3-1-2-4-7-26(38)31(46)34(49)41-29(21-43)35(50)42-18-6-8-30(42)33(48)39-27(19-22-9-13-24(44)14-10-22)32(47)40-28(36(51)52)20-23-11-15-25(45)16-12-23/h9-16,26-31,43-46H,1-8,17-21,38H2,(H,39,48)(H,40,47)(H,41,49)(H,51,52)/t26-,27-,28+,29+,30+,31-/m1/s1. The summed E-state index contributed by atoms with van der Waals surface area (Å²) in [6, 6.07) is 5.51. The number of amides is 4. The van der Waals surface area contributed by atoms with E-state index in [1.165, 1.54) is 53.4 Å². The van der Waals surface area contributed by atoms with Crippen LogP contribution in [0.2, 0.25) is 0 Å². The number of aliphatic carboxylic acids is 1. The van der Waals surface area contributed by atoms with Gasteiger partial charge in [-0.3, -0.25) is 19.2 Å². The molecule has 3 rings (SSSR count). The van der Waals surface area contributed by atoms with E-state index in [-0.39, 0.29) is 37.3 Å². The van der Waals surface area contributed by atoms with Gasteiger partial charge in [0.15, 0.2) is 0 Å². The molecule has 1 saturated heterocycles. The highest BCUT2D eigenvalue weighted by Crippen LogP contribution is 2.20. The lowest BCUT2D eigenvalue weighted by molar-refractivity contribution is -0.144. The van der Waals surface area contributed by atoms with Crippen molar-refractivity contribution in [2.45, 2.75) is 101 Å². The number of carboxylic acids is 1. The Morgan fingerprint density at radius 2 is 1.33 bits per heavy atom. The summed E-state index contributed by atoms with van der Waals surface area (Å²) >= 11 is 5.69. The summed E-state index contributed by atoms with van der Waals surface area (Å²) in [5.74, 6) is -4.02. The molecule has 0 saturated carbocycles. The number of nitrogens with two attached hydrogens (primary N) is 1. The average molecular weight is 748 g/mol. The molecular formula is C36H50ClN5O10. The second-order valence-corrected chi connectivity index (χ2v) is 13.4. The van der Waals surface area contributed by atoms with Gasteiger partial charge in [-0.05, 0) is 61.1 Å². The number of phenols is 2. The zero-order valence-electron chi connectivity index (χ0n) is 29.0. The molecule has 15 nitrogen and oxygen atoms in total. The van der Waals surface area contributed by atoms with Crippen LogP contribution in [0.5, 0.6) is 11.5 Å². The van der Waals surface area contributed by atoms with Crippen LogP contribution in [-0.2, 0) is 36.8 Å². The van der Waals surface area contributed by atoms with Crippen molar-refractivity contribution in [1.82, 2.24) is 20.9 Å². The van der Waals surface area contributed by atoms with Crippen LogP contribution in [0.4, 0.5) is 0 Å². The molecule has 0 unspecified atom stereocenters. The molecule has 1 aliphatic heterocycles. The number of halogens is 1. The molecule has 0 bridgehead atoms. The van der Waals surface area contributed by atoms with Gasteiger partial charge in [-0.25, -0.2) is 4.79 Å². The smallest absolute Gasteiger partial charge is 0.326 e. The van der Waals surface area contributed by atoms with E-state index in [0.29, 0.717) is 36.3 Å². The number of carbonyl (C=O) groups excluding carboxylic acids is 4. The number of rotatable bonds is 21. The van der Waals surface area contributed by atoms with Gasteiger partial charge in [0.2, 0.25) is 17.7 Å². The summed E-state index contributed by atoms with van der Waals surface area (Å²) in [5.41, 5.74) is 7.09. The van der Waals surface area contributed by atoms with Crippen LogP contribution in [0.3, 0.4) is 0 Å². The lowest BCUT2D eigenvalue weighted by Crippen LogP contribution is -2.59. The summed E-state index contributed by atoms with van der Waals surface area (Å²) in [7, 11) is 0. The third kappa shape index (κ3) is 13.0. The molecule has 10 N–H and O–H groups in total. The summed E-state index contributed by atoms with van der Waals surface area (Å²) in [4.78, 5) is 66.9. The number of aromatic hydroxyl groups is 2. The molecule has 0 spiro atoms. The first-order chi connectivity index (χ1) is 24.8. The number of aliphatic hydroxyl groups is 2. The zero-order valence-corrected chi connectivity index (χ0v) is 29.7. The lowest BCUT2D eigenvalue weighted by Gasteiger charge is -2.30. The Morgan fingerprint density at radius 3 is 1.88 bits per heavy atom. The summed E-state index contributed by atoms with van der Waals surface area (Å²) < 4.78 is 0. The lowest BCUT2D eigenvalue weighted by atomic mass is 10.0. The highest BCUT2D eigenvalue weighted by molar-refractivity contribution is 6.17. The number of alkyl halides is 1. The SMILES string of the molecule is N[C@H](CCCCCCCCl)[C@@H](O)C(=O)N[C@@H](CO)C(=O)N1CCC[C@H]1C(=O)N[C@H](Cc1ccc(O)cc1)C(=O)N[C@@H](Cc1ccc(O)cc1)C(=O)O. The summed E-state index contributed by atoms with van der Waals surface area (Å²) in [5, 5.41) is 57.1. The fourth-order valence-electron chi connectivity index (χ4n) is 5.99. The van der Waals surface area contributed by atoms with E-state index in [1.54, 1.807) is 0 Å². The predicted molar refractivity (Wildman–Crippen MR) is 191 cm³/mol. The molecule has 0 radical (unpaired) electrons. The Kier molecular flexibility index (Phi) is 17.1. The Bertz CT molecular complexity index is 1480. The van der Waals surface area contributed by atoms with Gasteiger partial charge >= 0.3 is 5.97 Å². The topological polar surface area (TPSA) is 252 Å². The molecule has 2 aromatic carbocycles.